The molecule has 1 aliphatic carbocycles. The van der Waals surface area contributed by atoms with Gasteiger partial charge in [-0.2, -0.15) is 10.1 Å². The highest BCUT2D eigenvalue weighted by atomic mass is 16.6. The summed E-state index contributed by atoms with van der Waals surface area (Å²) in [5, 5.41) is 21.2. The van der Waals surface area contributed by atoms with Crippen LogP contribution in [-0.4, -0.2) is 30.3 Å². The van der Waals surface area contributed by atoms with Crippen molar-refractivity contribution in [1.82, 2.24) is 19.6 Å². The number of H-pyrrole nitrogens is 1. The van der Waals surface area contributed by atoms with E-state index < -0.39 is 10.8 Å². The van der Waals surface area contributed by atoms with E-state index in [1.807, 2.05) is 13.8 Å². The number of anilines is 1. The topological polar surface area (TPSA) is 135 Å². The lowest BCUT2D eigenvalue weighted by molar-refractivity contribution is -0.384. The van der Waals surface area contributed by atoms with E-state index in [1.54, 1.807) is 19.1 Å². The summed E-state index contributed by atoms with van der Waals surface area (Å²) >= 11 is 0. The van der Waals surface area contributed by atoms with E-state index in [0.717, 1.165) is 5.70 Å². The Morgan fingerprint density at radius 3 is 2.58 bits per heavy atom. The second kappa shape index (κ2) is 6.34. The molecule has 3 heterocycles. The zero-order valence-corrected chi connectivity index (χ0v) is 17.2. The van der Waals surface area contributed by atoms with Crippen LogP contribution in [0.1, 0.15) is 49.6 Å². The molecule has 1 atom stereocenters. The molecule has 0 amide bonds. The molecule has 3 aromatic rings. The van der Waals surface area contributed by atoms with Crippen LogP contribution < -0.4 is 10.9 Å². The van der Waals surface area contributed by atoms with Crippen molar-refractivity contribution >= 4 is 23.1 Å². The normalized spacial score (nSPS) is 19.7. The van der Waals surface area contributed by atoms with Crippen LogP contribution in [0.25, 0.3) is 5.78 Å². The lowest BCUT2D eigenvalue weighted by Gasteiger charge is -2.38. The zero-order valence-electron chi connectivity index (χ0n) is 17.2. The van der Waals surface area contributed by atoms with Gasteiger partial charge in [0.15, 0.2) is 5.78 Å². The van der Waals surface area contributed by atoms with Gasteiger partial charge in [0.05, 0.1) is 10.5 Å². The van der Waals surface area contributed by atoms with Gasteiger partial charge in [0.1, 0.15) is 11.6 Å². The lowest BCUT2D eigenvalue weighted by atomic mass is 9.69. The number of nitrogens with one attached hydrogen (secondary N) is 2. The third-order valence-electron chi connectivity index (χ3n) is 5.96. The fourth-order valence-corrected chi connectivity index (χ4v) is 4.64. The highest BCUT2D eigenvalue weighted by molar-refractivity contribution is 6.01. The molecular formula is C21H20N6O4. The molecule has 1 aromatic carbocycles. The number of carbonyl (C=O) groups excluding carboxylic acids is 1. The Labute approximate surface area is 176 Å². The van der Waals surface area contributed by atoms with Crippen molar-refractivity contribution in [2.45, 2.75) is 39.5 Å². The number of rotatable bonds is 2. The first-order valence-electron chi connectivity index (χ1n) is 9.91. The van der Waals surface area contributed by atoms with E-state index in [1.165, 1.54) is 16.5 Å². The number of aromatic amines is 1. The summed E-state index contributed by atoms with van der Waals surface area (Å²) in [6.45, 7) is 5.74. The predicted molar refractivity (Wildman–Crippen MR) is 112 cm³/mol. The van der Waals surface area contributed by atoms with Crippen LogP contribution in [-0.2, 0) is 4.79 Å². The average Bonchev–Trinajstić information content (AvgIpc) is 3.06. The van der Waals surface area contributed by atoms with Crippen LogP contribution >= 0.6 is 0 Å². The predicted octanol–water partition coefficient (Wildman–Crippen LogP) is 2.83. The Bertz CT molecular complexity index is 1360. The van der Waals surface area contributed by atoms with E-state index in [-0.39, 0.29) is 22.4 Å². The number of benzene rings is 1. The van der Waals surface area contributed by atoms with Crippen molar-refractivity contribution in [1.29, 1.82) is 0 Å². The fraction of sp³-hybridized carbons (Fsp3) is 0.333. The Morgan fingerprint density at radius 1 is 1.19 bits per heavy atom. The molecule has 2 aliphatic rings. The number of carbonyl (C=O) groups is 1. The maximum atomic E-state index is 13.5. The molecule has 0 spiro atoms. The van der Waals surface area contributed by atoms with Crippen LogP contribution in [0.3, 0.4) is 0 Å². The van der Waals surface area contributed by atoms with E-state index in [9.17, 15) is 19.7 Å². The minimum atomic E-state index is -0.665. The third-order valence-corrected chi connectivity index (χ3v) is 5.96. The number of ketones is 1. The molecule has 1 aliphatic heterocycles. The second-order valence-corrected chi connectivity index (χ2v) is 8.85. The molecule has 2 aromatic heterocycles. The monoisotopic (exact) mass is 420 g/mol. The van der Waals surface area contributed by atoms with Crippen LogP contribution in [0.15, 0.2) is 40.3 Å². The second-order valence-electron chi connectivity index (χ2n) is 8.85. The number of nitrogens with zero attached hydrogens (tertiary/aromatic N) is 4. The number of aryl methyl sites for hydroxylation is 1. The Balaban J connectivity index is 1.80. The summed E-state index contributed by atoms with van der Waals surface area (Å²) in [6.07, 6.45) is 0.980. The summed E-state index contributed by atoms with van der Waals surface area (Å²) in [4.78, 5) is 41.9. The van der Waals surface area contributed by atoms with Gasteiger partial charge in [-0.1, -0.05) is 26.0 Å². The van der Waals surface area contributed by atoms with Crippen molar-refractivity contribution in [3.63, 3.8) is 0 Å². The smallest absolute Gasteiger partial charge is 0.269 e. The number of aromatic nitrogens is 4. The van der Waals surface area contributed by atoms with Crippen LogP contribution in [0.4, 0.5) is 11.5 Å². The van der Waals surface area contributed by atoms with Gasteiger partial charge in [-0.05, 0) is 24.3 Å². The van der Waals surface area contributed by atoms with Crippen LogP contribution in [0.2, 0.25) is 0 Å². The summed E-state index contributed by atoms with van der Waals surface area (Å²) in [7, 11) is 0. The van der Waals surface area contributed by atoms with E-state index in [2.05, 4.69) is 20.5 Å². The van der Waals surface area contributed by atoms with Gasteiger partial charge in [0.2, 0.25) is 5.78 Å². The molecule has 0 radical (unpaired) electrons. The van der Waals surface area contributed by atoms with Gasteiger partial charge in [0.25, 0.3) is 11.2 Å². The quantitative estimate of drug-likeness (QED) is 0.481. The maximum absolute atomic E-state index is 13.5. The first-order chi connectivity index (χ1) is 14.7. The SMILES string of the molecule is Cc1n[nH]c2nc3c(c(=O)n12)C(c1ccc([N+](=O)[O-])cc1)C1=C(CC(C)(C)CC1=O)N3. The zero-order chi connectivity index (χ0) is 22.1. The Hall–Kier alpha value is -3.82. The Kier molecular flexibility index (Phi) is 3.92. The molecule has 158 valence electrons. The van der Waals surface area contributed by atoms with Crippen LogP contribution in [0, 0.1) is 22.5 Å². The highest BCUT2D eigenvalue weighted by Gasteiger charge is 2.42. The number of hydrogen-bond acceptors (Lipinski definition) is 7. The third kappa shape index (κ3) is 2.86. The van der Waals surface area contributed by atoms with Gasteiger partial charge >= 0.3 is 0 Å². The lowest BCUT2D eigenvalue weighted by Crippen LogP contribution is -2.37. The minimum absolute atomic E-state index is 0.0406. The van der Waals surface area contributed by atoms with Crippen molar-refractivity contribution in [3.8, 4) is 0 Å². The highest BCUT2D eigenvalue weighted by Crippen LogP contribution is 2.47. The molecule has 31 heavy (non-hydrogen) atoms. The number of allylic oxidation sites excluding steroid dienone is 2. The standard InChI is InChI=1S/C21H20N6O4/c1-10-24-25-20-23-18-17(19(29)26(10)20)15(11-4-6-12(7-5-11)27(30)31)16-13(22-18)8-21(2,3)9-14(16)28/h4-7,15,22H,8-9H2,1-3H3,(H,23,25). The van der Waals surface area contributed by atoms with Crippen molar-refractivity contribution < 1.29 is 9.72 Å². The molecule has 0 saturated carbocycles. The minimum Gasteiger partial charge on any atom is -0.343 e. The molecule has 10 heteroatoms. The molecule has 0 bridgehead atoms. The number of Topliss-reactive ketones (excluding diaryl/α,β-unsaturated/α-hetero) is 1. The summed E-state index contributed by atoms with van der Waals surface area (Å²) in [5.74, 6) is 0.430. The number of nitro benzene ring substituents is 1. The van der Waals surface area contributed by atoms with Crippen LogP contribution in [0.5, 0.6) is 0 Å². The van der Waals surface area contributed by atoms with Crippen molar-refractivity contribution in [2.24, 2.45) is 5.41 Å². The number of fused-ring (bicyclic) bond motifs is 2. The van der Waals surface area contributed by atoms with Crippen molar-refractivity contribution in [2.75, 3.05) is 5.32 Å². The number of non-ortho nitro benzene ring substituents is 1. The van der Waals surface area contributed by atoms with E-state index >= 15 is 0 Å². The molecule has 1 unspecified atom stereocenters. The molecule has 0 saturated heterocycles. The molecule has 2 N–H and O–H groups in total. The maximum Gasteiger partial charge on any atom is 0.269 e. The van der Waals surface area contributed by atoms with E-state index in [0.29, 0.717) is 47.0 Å². The first-order valence-corrected chi connectivity index (χ1v) is 9.91. The van der Waals surface area contributed by atoms with Gasteiger partial charge < -0.3 is 5.32 Å². The first kappa shape index (κ1) is 19.2. The van der Waals surface area contributed by atoms with Gasteiger partial charge in [0, 0.05) is 35.7 Å². The summed E-state index contributed by atoms with van der Waals surface area (Å²) in [5.41, 5.74) is 1.62. The summed E-state index contributed by atoms with van der Waals surface area (Å²) < 4.78 is 1.38. The molecule has 0 fully saturated rings. The van der Waals surface area contributed by atoms with Crippen molar-refractivity contribution in [3.05, 3.63) is 73.0 Å². The van der Waals surface area contributed by atoms with E-state index in [4.69, 9.17) is 0 Å². The molecule has 10 nitrogen and oxygen atoms in total. The molecule has 5 rings (SSSR count). The van der Waals surface area contributed by atoms with Gasteiger partial charge in [-0.3, -0.25) is 19.7 Å². The number of nitro groups is 1. The van der Waals surface area contributed by atoms with Gasteiger partial charge in [-0.15, -0.1) is 0 Å². The fourth-order valence-electron chi connectivity index (χ4n) is 4.64. The summed E-state index contributed by atoms with van der Waals surface area (Å²) in [6, 6.07) is 5.99. The number of hydrogen-bond donors (Lipinski definition) is 2. The largest absolute Gasteiger partial charge is 0.343 e. The molecular weight excluding hydrogens is 400 g/mol. The average molecular weight is 420 g/mol. The van der Waals surface area contributed by atoms with Gasteiger partial charge in [-0.25, -0.2) is 9.50 Å². The Morgan fingerprint density at radius 2 is 1.90 bits per heavy atom.